The van der Waals surface area contributed by atoms with Crippen LogP contribution >= 0.6 is 11.6 Å². The van der Waals surface area contributed by atoms with Crippen LogP contribution in [0.2, 0.25) is 5.02 Å². The van der Waals surface area contributed by atoms with Crippen molar-refractivity contribution >= 4 is 17.9 Å². The lowest BCUT2D eigenvalue weighted by molar-refractivity contribution is 0.112. The molecule has 0 atom stereocenters. The van der Waals surface area contributed by atoms with Crippen LogP contribution < -0.4 is 0 Å². The molecule has 2 rings (SSSR count). The third-order valence-corrected chi connectivity index (χ3v) is 2.70. The minimum atomic E-state index is 0.466. The van der Waals surface area contributed by atoms with Gasteiger partial charge in [0.05, 0.1) is 5.02 Å². The number of pyridine rings is 1. The molecule has 1 aromatic heterocycles. The van der Waals surface area contributed by atoms with Gasteiger partial charge in [0.1, 0.15) is 0 Å². The van der Waals surface area contributed by atoms with Gasteiger partial charge in [-0.25, -0.2) is 0 Å². The van der Waals surface area contributed by atoms with Gasteiger partial charge in [0, 0.05) is 23.0 Å². The molecule has 0 amide bonds. The highest BCUT2D eigenvalue weighted by molar-refractivity contribution is 6.33. The molecule has 0 saturated heterocycles. The van der Waals surface area contributed by atoms with Crippen molar-refractivity contribution in [3.8, 4) is 11.1 Å². The predicted molar refractivity (Wildman–Crippen MR) is 64.8 cm³/mol. The Morgan fingerprint density at radius 2 is 1.94 bits per heavy atom. The molecule has 0 N–H and O–H groups in total. The summed E-state index contributed by atoms with van der Waals surface area (Å²) >= 11 is 5.96. The molecule has 0 aliphatic carbocycles. The Labute approximate surface area is 98.9 Å². The molecule has 16 heavy (non-hydrogen) atoms. The van der Waals surface area contributed by atoms with Crippen molar-refractivity contribution in [2.24, 2.45) is 0 Å². The van der Waals surface area contributed by atoms with Crippen molar-refractivity contribution in [2.75, 3.05) is 0 Å². The third kappa shape index (κ3) is 2.12. The number of carbonyl (C=O) groups is 1. The first-order valence-corrected chi connectivity index (χ1v) is 5.26. The van der Waals surface area contributed by atoms with Gasteiger partial charge in [0.15, 0.2) is 6.29 Å². The Balaban J connectivity index is 2.45. The second-order valence-electron chi connectivity index (χ2n) is 3.54. The zero-order valence-electron chi connectivity index (χ0n) is 8.77. The first kappa shape index (κ1) is 10.8. The largest absolute Gasteiger partial charge is 0.298 e. The van der Waals surface area contributed by atoms with E-state index in [1.165, 1.54) is 0 Å². The number of carbonyl (C=O) groups excluding carboxylic acids is 1. The minimum absolute atomic E-state index is 0.466. The molecule has 0 saturated carbocycles. The van der Waals surface area contributed by atoms with Crippen molar-refractivity contribution in [3.63, 3.8) is 0 Å². The molecule has 2 aromatic rings. The van der Waals surface area contributed by atoms with E-state index >= 15 is 0 Å². The molecular weight excluding hydrogens is 222 g/mol. The van der Waals surface area contributed by atoms with Gasteiger partial charge < -0.3 is 0 Å². The molecule has 0 radical (unpaired) electrons. The summed E-state index contributed by atoms with van der Waals surface area (Å²) < 4.78 is 0. The molecule has 0 aliphatic heterocycles. The first-order valence-electron chi connectivity index (χ1n) is 4.88. The van der Waals surface area contributed by atoms with Crippen LogP contribution in [-0.2, 0) is 0 Å². The second-order valence-corrected chi connectivity index (χ2v) is 3.95. The third-order valence-electron chi connectivity index (χ3n) is 2.37. The van der Waals surface area contributed by atoms with E-state index in [0.29, 0.717) is 10.6 Å². The molecule has 3 heteroatoms. The highest BCUT2D eigenvalue weighted by Crippen LogP contribution is 2.24. The molecule has 80 valence electrons. The van der Waals surface area contributed by atoms with Crippen LogP contribution in [-0.4, -0.2) is 11.3 Å². The summed E-state index contributed by atoms with van der Waals surface area (Å²) in [5, 5.41) is 0.466. The topological polar surface area (TPSA) is 30.0 Å². The molecule has 0 fully saturated rings. The summed E-state index contributed by atoms with van der Waals surface area (Å²) in [5.74, 6) is 0. The lowest BCUT2D eigenvalue weighted by atomic mass is 10.1. The number of rotatable bonds is 2. The van der Waals surface area contributed by atoms with E-state index < -0.39 is 0 Å². The number of nitrogens with zero attached hydrogens (tertiary/aromatic N) is 1. The molecule has 0 bridgehead atoms. The Hall–Kier alpha value is -1.67. The van der Waals surface area contributed by atoms with Crippen molar-refractivity contribution in [2.45, 2.75) is 6.92 Å². The maximum Gasteiger partial charge on any atom is 0.151 e. The van der Waals surface area contributed by atoms with E-state index in [9.17, 15) is 4.79 Å². The number of halogens is 1. The van der Waals surface area contributed by atoms with Gasteiger partial charge in [-0.1, -0.05) is 23.7 Å². The monoisotopic (exact) mass is 231 g/mol. The van der Waals surface area contributed by atoms with E-state index in [2.05, 4.69) is 4.98 Å². The number of hydrogen-bond acceptors (Lipinski definition) is 2. The quantitative estimate of drug-likeness (QED) is 0.741. The average Bonchev–Trinajstić information content (AvgIpc) is 2.30. The van der Waals surface area contributed by atoms with Crippen LogP contribution in [0.3, 0.4) is 0 Å². The average molecular weight is 232 g/mol. The Kier molecular flexibility index (Phi) is 3.02. The zero-order chi connectivity index (χ0) is 11.5. The number of hydrogen-bond donors (Lipinski definition) is 0. The minimum Gasteiger partial charge on any atom is -0.298 e. The summed E-state index contributed by atoms with van der Waals surface area (Å²) in [4.78, 5) is 14.8. The summed E-state index contributed by atoms with van der Waals surface area (Å²) in [6.45, 7) is 1.94. The van der Waals surface area contributed by atoms with Crippen molar-refractivity contribution in [3.05, 3.63) is 52.8 Å². The maximum atomic E-state index is 10.6. The van der Waals surface area contributed by atoms with Gasteiger partial charge in [-0.15, -0.1) is 0 Å². The fourth-order valence-corrected chi connectivity index (χ4v) is 1.67. The highest BCUT2D eigenvalue weighted by Gasteiger charge is 2.03. The fraction of sp³-hybridized carbons (Fsp3) is 0.0769. The second kappa shape index (κ2) is 4.45. The van der Waals surface area contributed by atoms with Crippen LogP contribution in [0.5, 0.6) is 0 Å². The van der Waals surface area contributed by atoms with E-state index in [1.807, 2.05) is 25.1 Å². The van der Waals surface area contributed by atoms with Gasteiger partial charge in [0.2, 0.25) is 0 Å². The van der Waals surface area contributed by atoms with Gasteiger partial charge in [0.25, 0.3) is 0 Å². The molecule has 1 aromatic carbocycles. The standard InChI is InChI=1S/C13H10ClNO/c1-9-2-3-11(7-15-9)10-4-5-12(8-16)13(14)6-10/h2-8H,1H3. The molecule has 0 spiro atoms. The van der Waals surface area contributed by atoms with Crippen molar-refractivity contribution in [1.82, 2.24) is 4.98 Å². The maximum absolute atomic E-state index is 10.6. The SMILES string of the molecule is Cc1ccc(-c2ccc(C=O)c(Cl)c2)cn1. The molecule has 2 nitrogen and oxygen atoms in total. The van der Waals surface area contributed by atoms with Crippen LogP contribution in [0.4, 0.5) is 0 Å². The van der Waals surface area contributed by atoms with Crippen molar-refractivity contribution < 1.29 is 4.79 Å². The summed E-state index contributed by atoms with van der Waals surface area (Å²) in [6.07, 6.45) is 2.54. The number of benzene rings is 1. The molecule has 0 unspecified atom stereocenters. The lowest BCUT2D eigenvalue weighted by Crippen LogP contribution is -1.86. The zero-order valence-corrected chi connectivity index (χ0v) is 9.53. The van der Waals surface area contributed by atoms with E-state index in [-0.39, 0.29) is 0 Å². The summed E-state index contributed by atoms with van der Waals surface area (Å²) in [6, 6.07) is 9.27. The Morgan fingerprint density at radius 3 is 2.50 bits per heavy atom. The van der Waals surface area contributed by atoms with Gasteiger partial charge >= 0.3 is 0 Å². The summed E-state index contributed by atoms with van der Waals surface area (Å²) in [5.41, 5.74) is 3.43. The smallest absolute Gasteiger partial charge is 0.151 e. The van der Waals surface area contributed by atoms with Crippen LogP contribution in [0.1, 0.15) is 16.1 Å². The highest BCUT2D eigenvalue weighted by atomic mass is 35.5. The molecule has 0 aliphatic rings. The number of aromatic nitrogens is 1. The van der Waals surface area contributed by atoms with Crippen LogP contribution in [0, 0.1) is 6.92 Å². The first-order chi connectivity index (χ1) is 7.70. The lowest BCUT2D eigenvalue weighted by Gasteiger charge is -2.03. The van der Waals surface area contributed by atoms with Crippen LogP contribution in [0.15, 0.2) is 36.5 Å². The van der Waals surface area contributed by atoms with E-state index in [0.717, 1.165) is 23.1 Å². The Bertz CT molecular complexity index is 520. The van der Waals surface area contributed by atoms with Gasteiger partial charge in [-0.05, 0) is 30.7 Å². The van der Waals surface area contributed by atoms with E-state index in [1.54, 1.807) is 18.3 Å². The number of aryl methyl sites for hydroxylation is 1. The normalized spacial score (nSPS) is 10.1. The summed E-state index contributed by atoms with van der Waals surface area (Å²) in [7, 11) is 0. The fourth-order valence-electron chi connectivity index (χ4n) is 1.44. The number of aldehydes is 1. The predicted octanol–water partition coefficient (Wildman–Crippen LogP) is 3.52. The Morgan fingerprint density at radius 1 is 1.19 bits per heavy atom. The van der Waals surface area contributed by atoms with E-state index in [4.69, 9.17) is 11.6 Å². The molecule has 1 heterocycles. The van der Waals surface area contributed by atoms with Crippen molar-refractivity contribution in [1.29, 1.82) is 0 Å². The van der Waals surface area contributed by atoms with Gasteiger partial charge in [-0.2, -0.15) is 0 Å². The van der Waals surface area contributed by atoms with Gasteiger partial charge in [-0.3, -0.25) is 9.78 Å². The molecular formula is C13H10ClNO. The van der Waals surface area contributed by atoms with Crippen LogP contribution in [0.25, 0.3) is 11.1 Å².